The second-order valence-electron chi connectivity index (χ2n) is 8.50. The van der Waals surface area contributed by atoms with E-state index in [0.29, 0.717) is 27.5 Å². The molecule has 8 heteroatoms. The van der Waals surface area contributed by atoms with Crippen LogP contribution in [0.2, 0.25) is 5.02 Å². The largest absolute Gasteiger partial charge is 0.354 e. The van der Waals surface area contributed by atoms with Crippen LogP contribution >= 0.6 is 11.6 Å². The number of rotatable bonds is 6. The summed E-state index contributed by atoms with van der Waals surface area (Å²) in [5, 5.41) is 18.1. The highest BCUT2D eigenvalue weighted by Gasteiger charge is 2.30. The third-order valence-electron chi connectivity index (χ3n) is 6.17. The first-order valence-corrected chi connectivity index (χ1v) is 11.5. The zero-order valence-corrected chi connectivity index (χ0v) is 19.1. The van der Waals surface area contributed by atoms with Gasteiger partial charge in [0.15, 0.2) is 0 Å². The van der Waals surface area contributed by atoms with Gasteiger partial charge in [-0.25, -0.2) is 0 Å². The average Bonchev–Trinajstić information content (AvgIpc) is 3.45. The van der Waals surface area contributed by atoms with Crippen molar-refractivity contribution in [3.63, 3.8) is 0 Å². The van der Waals surface area contributed by atoms with Gasteiger partial charge in [-0.2, -0.15) is 0 Å². The molecule has 172 valence electrons. The van der Waals surface area contributed by atoms with Crippen LogP contribution in [0, 0.1) is 10.1 Å². The lowest BCUT2D eigenvalue weighted by atomic mass is 9.99. The molecule has 1 amide bonds. The van der Waals surface area contributed by atoms with Gasteiger partial charge < -0.3 is 10.6 Å². The second kappa shape index (κ2) is 9.29. The van der Waals surface area contributed by atoms with Crippen LogP contribution in [-0.4, -0.2) is 28.8 Å². The topological polar surface area (TPSA) is 87.5 Å². The molecule has 0 radical (unpaired) electrons. The summed E-state index contributed by atoms with van der Waals surface area (Å²) in [6.07, 6.45) is 2.50. The Hall–Kier alpha value is -3.68. The number of likely N-dealkylation sites (tertiary alicyclic amines) is 1. The minimum Gasteiger partial charge on any atom is -0.354 e. The van der Waals surface area contributed by atoms with Crippen LogP contribution in [0.15, 0.2) is 66.7 Å². The van der Waals surface area contributed by atoms with Gasteiger partial charge in [-0.1, -0.05) is 35.9 Å². The van der Waals surface area contributed by atoms with E-state index in [4.69, 9.17) is 11.6 Å². The number of nitro groups is 1. The highest BCUT2D eigenvalue weighted by Crippen LogP contribution is 2.39. The number of benzene rings is 3. The monoisotopic (exact) mass is 474 g/mol. The van der Waals surface area contributed by atoms with Crippen LogP contribution < -0.4 is 10.6 Å². The molecule has 0 aromatic heterocycles. The van der Waals surface area contributed by atoms with E-state index in [9.17, 15) is 14.9 Å². The minimum atomic E-state index is -0.463. The van der Waals surface area contributed by atoms with Gasteiger partial charge in [0.25, 0.3) is 11.6 Å². The number of carbonyl (C=O) groups is 1. The lowest BCUT2D eigenvalue weighted by Crippen LogP contribution is -2.18. The van der Waals surface area contributed by atoms with Crippen LogP contribution in [0.3, 0.4) is 0 Å². The van der Waals surface area contributed by atoms with E-state index in [1.165, 1.54) is 30.5 Å². The molecule has 2 aliphatic heterocycles. The van der Waals surface area contributed by atoms with Crippen molar-refractivity contribution in [2.24, 2.45) is 0 Å². The minimum absolute atomic E-state index is 0.0746. The molecule has 0 bridgehead atoms. The predicted octanol–water partition coefficient (Wildman–Crippen LogP) is 5.78. The molecule has 2 heterocycles. The number of halogens is 1. The van der Waals surface area contributed by atoms with Crippen molar-refractivity contribution < 1.29 is 9.72 Å². The molecular formula is C26H23ClN4O3. The van der Waals surface area contributed by atoms with Gasteiger partial charge >= 0.3 is 0 Å². The lowest BCUT2D eigenvalue weighted by Gasteiger charge is -2.17. The molecule has 1 fully saturated rings. The number of nitro benzene ring substituents is 1. The smallest absolute Gasteiger partial charge is 0.270 e. The van der Waals surface area contributed by atoms with Crippen molar-refractivity contribution in [3.8, 4) is 0 Å². The fraction of sp³-hybridized carbons (Fsp3) is 0.192. The SMILES string of the molecule is O=C1Nc2ccc([N+](=O)[O-])cc2C1=C(Nc1ccc(CN2CCCC2)cc1)c1ccc(Cl)cc1. The first-order valence-electron chi connectivity index (χ1n) is 11.2. The number of nitrogens with zero attached hydrogens (tertiary/aromatic N) is 2. The molecule has 3 aromatic carbocycles. The fourth-order valence-electron chi connectivity index (χ4n) is 4.45. The second-order valence-corrected chi connectivity index (χ2v) is 8.94. The summed E-state index contributed by atoms with van der Waals surface area (Å²) in [6.45, 7) is 3.19. The van der Waals surface area contributed by atoms with Crippen LogP contribution in [0.4, 0.5) is 17.1 Å². The normalized spacial score (nSPS) is 16.8. The molecule has 2 N–H and O–H groups in total. The number of amides is 1. The Bertz CT molecular complexity index is 1280. The summed E-state index contributed by atoms with van der Waals surface area (Å²) in [6, 6.07) is 19.7. The first-order chi connectivity index (χ1) is 16.5. The summed E-state index contributed by atoms with van der Waals surface area (Å²) in [4.78, 5) is 26.4. The number of carbonyl (C=O) groups excluding carboxylic acids is 1. The van der Waals surface area contributed by atoms with E-state index < -0.39 is 4.92 Å². The first kappa shape index (κ1) is 22.1. The predicted molar refractivity (Wildman–Crippen MR) is 135 cm³/mol. The van der Waals surface area contributed by atoms with Gasteiger partial charge in [-0.05, 0) is 67.4 Å². The Morgan fingerprint density at radius 1 is 1.03 bits per heavy atom. The quantitative estimate of drug-likeness (QED) is 0.269. The molecule has 2 aliphatic rings. The van der Waals surface area contributed by atoms with Crippen LogP contribution in [-0.2, 0) is 11.3 Å². The maximum atomic E-state index is 13.0. The summed E-state index contributed by atoms with van der Waals surface area (Å²) >= 11 is 6.09. The Balaban J connectivity index is 1.54. The van der Waals surface area contributed by atoms with Crippen molar-refractivity contribution in [1.82, 2.24) is 4.90 Å². The standard InChI is InChI=1S/C26H23ClN4O3/c27-19-7-5-18(6-8-19)25(24-22-15-21(31(33)34)11-12-23(22)29-26(24)32)28-20-9-3-17(4-10-20)16-30-13-1-2-14-30/h3-12,15,28H,1-2,13-14,16H2,(H,29,32). The van der Waals surface area contributed by atoms with Crippen LogP contribution in [0.1, 0.15) is 29.5 Å². The van der Waals surface area contributed by atoms with Crippen LogP contribution in [0.25, 0.3) is 11.3 Å². The van der Waals surface area contributed by atoms with E-state index in [-0.39, 0.29) is 11.6 Å². The Labute approximate surface area is 202 Å². The number of anilines is 2. The molecule has 7 nitrogen and oxygen atoms in total. The third-order valence-corrected chi connectivity index (χ3v) is 6.42. The highest BCUT2D eigenvalue weighted by molar-refractivity contribution is 6.37. The number of fused-ring (bicyclic) bond motifs is 1. The summed E-state index contributed by atoms with van der Waals surface area (Å²) in [5.74, 6) is -0.321. The Morgan fingerprint density at radius 3 is 2.41 bits per heavy atom. The Morgan fingerprint density at radius 2 is 1.74 bits per heavy atom. The molecule has 3 aromatic rings. The number of non-ortho nitro benzene ring substituents is 1. The molecular weight excluding hydrogens is 452 g/mol. The van der Waals surface area contributed by atoms with Gasteiger partial charge in [-0.3, -0.25) is 19.8 Å². The van der Waals surface area contributed by atoms with Gasteiger partial charge in [0, 0.05) is 40.6 Å². The zero-order valence-electron chi connectivity index (χ0n) is 18.4. The maximum Gasteiger partial charge on any atom is 0.270 e. The number of hydrogen-bond donors (Lipinski definition) is 2. The molecule has 0 atom stereocenters. The maximum absolute atomic E-state index is 13.0. The van der Waals surface area contributed by atoms with Crippen molar-refractivity contribution in [2.75, 3.05) is 23.7 Å². The van der Waals surface area contributed by atoms with E-state index in [2.05, 4.69) is 27.7 Å². The summed E-state index contributed by atoms with van der Waals surface area (Å²) < 4.78 is 0. The number of hydrogen-bond acceptors (Lipinski definition) is 5. The fourth-order valence-corrected chi connectivity index (χ4v) is 4.58. The third kappa shape index (κ3) is 4.53. The molecule has 0 unspecified atom stereocenters. The van der Waals surface area contributed by atoms with E-state index in [1.807, 2.05) is 24.3 Å². The van der Waals surface area contributed by atoms with Crippen LogP contribution in [0.5, 0.6) is 0 Å². The van der Waals surface area contributed by atoms with Gasteiger partial charge in [0.2, 0.25) is 0 Å². The van der Waals surface area contributed by atoms with E-state index in [1.54, 1.807) is 18.2 Å². The molecule has 0 aliphatic carbocycles. The molecule has 1 saturated heterocycles. The highest BCUT2D eigenvalue weighted by atomic mass is 35.5. The van der Waals surface area contributed by atoms with Gasteiger partial charge in [-0.15, -0.1) is 0 Å². The van der Waals surface area contributed by atoms with Crippen molar-refractivity contribution in [2.45, 2.75) is 19.4 Å². The zero-order chi connectivity index (χ0) is 23.7. The average molecular weight is 475 g/mol. The van der Waals surface area contributed by atoms with Crippen molar-refractivity contribution >= 4 is 45.8 Å². The summed E-state index contributed by atoms with van der Waals surface area (Å²) in [5.41, 5.74) is 4.65. The Kier molecular flexibility index (Phi) is 6.04. The van der Waals surface area contributed by atoms with Crippen molar-refractivity contribution in [1.29, 1.82) is 0 Å². The van der Waals surface area contributed by atoms with Gasteiger partial charge in [0.1, 0.15) is 0 Å². The summed E-state index contributed by atoms with van der Waals surface area (Å²) in [7, 11) is 0. The molecule has 0 saturated carbocycles. The lowest BCUT2D eigenvalue weighted by molar-refractivity contribution is -0.384. The van der Waals surface area contributed by atoms with E-state index in [0.717, 1.165) is 30.9 Å². The van der Waals surface area contributed by atoms with Crippen molar-refractivity contribution in [3.05, 3.63) is 98.6 Å². The van der Waals surface area contributed by atoms with Gasteiger partial charge in [0.05, 0.1) is 16.2 Å². The molecule has 5 rings (SSSR count). The molecule has 34 heavy (non-hydrogen) atoms. The number of nitrogens with one attached hydrogen (secondary N) is 2. The van der Waals surface area contributed by atoms with E-state index >= 15 is 0 Å². The molecule has 0 spiro atoms.